The van der Waals surface area contributed by atoms with Crippen LogP contribution in [0.15, 0.2) is 27.8 Å². The standard InChI is InChI=1S/C26H34F3N3O5/c1-16-21(22(33)31-12-11-30-19-4-2-3-18(15-19)26(27,28)29)25(37-24(16)36)9-13-32(14-10-25)20-7-5-17(6-8-20)23(34)35/h15,17,20H,2-14H2,1H3,(H,31,33)(H,34,35). The van der Waals surface area contributed by atoms with Gasteiger partial charge in [0.2, 0.25) is 0 Å². The monoisotopic (exact) mass is 525 g/mol. The maximum Gasteiger partial charge on any atom is 0.412 e. The average molecular weight is 526 g/mol. The van der Waals surface area contributed by atoms with Crippen LogP contribution >= 0.6 is 0 Å². The number of hydrogen-bond donors (Lipinski definition) is 2. The van der Waals surface area contributed by atoms with Crippen LogP contribution in [-0.4, -0.2) is 77.6 Å². The van der Waals surface area contributed by atoms with Crippen molar-refractivity contribution < 1.29 is 37.4 Å². The number of likely N-dealkylation sites (tertiary alicyclic amines) is 1. The van der Waals surface area contributed by atoms with E-state index in [2.05, 4.69) is 15.2 Å². The Labute approximate surface area is 214 Å². The summed E-state index contributed by atoms with van der Waals surface area (Å²) in [6.45, 7) is 3.14. The number of hydrogen-bond acceptors (Lipinski definition) is 6. The SMILES string of the molecule is CC1=C(C(=O)NCCN=C2C=C(C(F)(F)F)CCC2)C2(CCN(C3CCC(C(=O)O)CC3)CC2)OC1=O. The Balaban J connectivity index is 1.33. The van der Waals surface area contributed by atoms with Crippen molar-refractivity contribution in [1.82, 2.24) is 10.2 Å². The van der Waals surface area contributed by atoms with E-state index in [0.717, 1.165) is 18.9 Å². The molecule has 0 bridgehead atoms. The highest BCUT2D eigenvalue weighted by Gasteiger charge is 2.51. The number of carboxylic acids is 1. The number of nitrogens with zero attached hydrogens (tertiary/aromatic N) is 2. The van der Waals surface area contributed by atoms with Gasteiger partial charge in [-0.05, 0) is 57.9 Å². The highest BCUT2D eigenvalue weighted by molar-refractivity contribution is 6.07. The van der Waals surface area contributed by atoms with Crippen LogP contribution in [0.4, 0.5) is 13.2 Å². The van der Waals surface area contributed by atoms with Crippen LogP contribution in [0.1, 0.15) is 64.7 Å². The topological polar surface area (TPSA) is 108 Å². The summed E-state index contributed by atoms with van der Waals surface area (Å²) < 4.78 is 44.6. The molecule has 1 spiro atoms. The Morgan fingerprint density at radius 2 is 1.86 bits per heavy atom. The van der Waals surface area contributed by atoms with Gasteiger partial charge in [-0.25, -0.2) is 4.79 Å². The largest absolute Gasteiger partial charge is 0.481 e. The number of carbonyl (C=O) groups excluding carboxylic acids is 2. The molecule has 8 nitrogen and oxygen atoms in total. The van der Waals surface area contributed by atoms with Crippen molar-refractivity contribution in [2.75, 3.05) is 26.2 Å². The van der Waals surface area contributed by atoms with Gasteiger partial charge in [0.15, 0.2) is 0 Å². The van der Waals surface area contributed by atoms with Gasteiger partial charge in [0.1, 0.15) is 5.60 Å². The van der Waals surface area contributed by atoms with Crippen molar-refractivity contribution >= 4 is 23.6 Å². The van der Waals surface area contributed by atoms with E-state index in [1.807, 2.05) is 0 Å². The first-order chi connectivity index (χ1) is 17.5. The zero-order chi connectivity index (χ0) is 26.8. The summed E-state index contributed by atoms with van der Waals surface area (Å²) in [7, 11) is 0. The number of carbonyl (C=O) groups is 3. The number of ether oxygens (including phenoxy) is 1. The summed E-state index contributed by atoms with van der Waals surface area (Å²) in [4.78, 5) is 43.3. The van der Waals surface area contributed by atoms with Crippen LogP contribution < -0.4 is 5.32 Å². The molecule has 0 aromatic carbocycles. The van der Waals surface area contributed by atoms with Crippen LogP contribution in [0, 0.1) is 5.92 Å². The predicted octanol–water partition coefficient (Wildman–Crippen LogP) is 3.57. The molecule has 37 heavy (non-hydrogen) atoms. The normalized spacial score (nSPS) is 27.8. The third-order valence-electron chi connectivity index (χ3n) is 8.12. The molecule has 4 aliphatic rings. The molecule has 11 heteroatoms. The van der Waals surface area contributed by atoms with Crippen LogP contribution in [0.5, 0.6) is 0 Å². The van der Waals surface area contributed by atoms with E-state index >= 15 is 0 Å². The van der Waals surface area contributed by atoms with Crippen molar-refractivity contribution in [2.24, 2.45) is 10.9 Å². The molecule has 2 aliphatic heterocycles. The molecular weight excluding hydrogens is 491 g/mol. The molecule has 2 heterocycles. The summed E-state index contributed by atoms with van der Waals surface area (Å²) in [5.74, 6) is -1.94. The maximum absolute atomic E-state index is 13.1. The van der Waals surface area contributed by atoms with Crippen LogP contribution in [-0.2, 0) is 19.1 Å². The lowest BCUT2D eigenvalue weighted by molar-refractivity contribution is -0.151. The highest BCUT2D eigenvalue weighted by atomic mass is 19.4. The summed E-state index contributed by atoms with van der Waals surface area (Å²) in [6.07, 6.45) is 1.48. The number of piperidine rings is 1. The summed E-state index contributed by atoms with van der Waals surface area (Å²) >= 11 is 0. The van der Waals surface area contributed by atoms with E-state index in [0.29, 0.717) is 68.9 Å². The molecule has 0 aromatic rings. The molecule has 2 fully saturated rings. The first-order valence-electron chi connectivity index (χ1n) is 13.0. The Kier molecular flexibility index (Phi) is 8.11. The number of halogens is 3. The summed E-state index contributed by atoms with van der Waals surface area (Å²) in [5.41, 5.74) is -0.573. The zero-order valence-electron chi connectivity index (χ0n) is 21.0. The quantitative estimate of drug-likeness (QED) is 0.406. The Bertz CT molecular complexity index is 1020. The third kappa shape index (κ3) is 6.08. The van der Waals surface area contributed by atoms with Gasteiger partial charge in [0, 0.05) is 55.4 Å². The van der Waals surface area contributed by atoms with E-state index in [1.165, 1.54) is 0 Å². The van der Waals surface area contributed by atoms with Gasteiger partial charge in [0.25, 0.3) is 5.91 Å². The summed E-state index contributed by atoms with van der Waals surface area (Å²) in [6, 6.07) is 0.290. The minimum absolute atomic E-state index is 0.0101. The van der Waals surface area contributed by atoms with Gasteiger partial charge >= 0.3 is 18.1 Å². The molecule has 1 amide bonds. The van der Waals surface area contributed by atoms with Gasteiger partial charge in [-0.15, -0.1) is 0 Å². The number of esters is 1. The van der Waals surface area contributed by atoms with E-state index in [9.17, 15) is 32.7 Å². The Hall–Kier alpha value is -2.69. The van der Waals surface area contributed by atoms with Gasteiger partial charge < -0.3 is 20.1 Å². The summed E-state index contributed by atoms with van der Waals surface area (Å²) in [5, 5.41) is 12.0. The predicted molar refractivity (Wildman–Crippen MR) is 129 cm³/mol. The Morgan fingerprint density at radius 3 is 2.49 bits per heavy atom. The molecule has 0 aromatic heterocycles. The van der Waals surface area contributed by atoms with E-state index in [4.69, 9.17) is 4.74 Å². The fourth-order valence-corrected chi connectivity index (χ4v) is 6.03. The first kappa shape index (κ1) is 27.3. The molecule has 204 valence electrons. The molecule has 2 N–H and O–H groups in total. The molecule has 0 atom stereocenters. The lowest BCUT2D eigenvalue weighted by Crippen LogP contribution is -2.52. The van der Waals surface area contributed by atoms with Gasteiger partial charge in [-0.2, -0.15) is 13.2 Å². The first-order valence-corrected chi connectivity index (χ1v) is 13.0. The van der Waals surface area contributed by atoms with Crippen molar-refractivity contribution in [3.05, 3.63) is 22.8 Å². The number of alkyl halides is 3. The minimum Gasteiger partial charge on any atom is -0.481 e. The molecule has 1 saturated carbocycles. The molecule has 1 saturated heterocycles. The van der Waals surface area contributed by atoms with E-state index < -0.39 is 35.2 Å². The van der Waals surface area contributed by atoms with E-state index in [1.54, 1.807) is 6.92 Å². The minimum atomic E-state index is -4.35. The molecular formula is C26H34F3N3O5. The number of aliphatic imine (C=N–C) groups is 1. The van der Waals surface area contributed by atoms with Crippen molar-refractivity contribution in [3.8, 4) is 0 Å². The van der Waals surface area contributed by atoms with Crippen LogP contribution in [0.25, 0.3) is 0 Å². The molecule has 0 radical (unpaired) electrons. The average Bonchev–Trinajstić information content (AvgIpc) is 3.10. The number of nitrogens with one attached hydrogen (secondary N) is 1. The number of rotatable bonds is 6. The van der Waals surface area contributed by atoms with Crippen LogP contribution in [0.2, 0.25) is 0 Å². The second-order valence-electron chi connectivity index (χ2n) is 10.4. The number of amides is 1. The zero-order valence-corrected chi connectivity index (χ0v) is 21.0. The van der Waals surface area contributed by atoms with Gasteiger partial charge in [-0.3, -0.25) is 14.6 Å². The van der Waals surface area contributed by atoms with Crippen molar-refractivity contribution in [2.45, 2.75) is 82.5 Å². The third-order valence-corrected chi connectivity index (χ3v) is 8.12. The second kappa shape index (κ2) is 11.0. The van der Waals surface area contributed by atoms with E-state index in [-0.39, 0.29) is 31.0 Å². The molecule has 0 unspecified atom stereocenters. The van der Waals surface area contributed by atoms with Crippen LogP contribution in [0.3, 0.4) is 0 Å². The maximum atomic E-state index is 13.1. The fraction of sp³-hybridized carbons (Fsp3) is 0.692. The van der Waals surface area contributed by atoms with Crippen molar-refractivity contribution in [3.63, 3.8) is 0 Å². The number of carboxylic acid groups (broad SMARTS) is 1. The fourth-order valence-electron chi connectivity index (χ4n) is 6.03. The molecule has 4 rings (SSSR count). The smallest absolute Gasteiger partial charge is 0.412 e. The lowest BCUT2D eigenvalue weighted by Gasteiger charge is -2.44. The Morgan fingerprint density at radius 1 is 1.19 bits per heavy atom. The number of allylic oxidation sites excluding steroid dienone is 2. The second-order valence-corrected chi connectivity index (χ2v) is 10.4. The molecule has 2 aliphatic carbocycles. The van der Waals surface area contributed by atoms with Gasteiger partial charge in [0.05, 0.1) is 18.0 Å². The van der Waals surface area contributed by atoms with Gasteiger partial charge in [-0.1, -0.05) is 0 Å². The van der Waals surface area contributed by atoms with Crippen molar-refractivity contribution in [1.29, 1.82) is 0 Å². The highest BCUT2D eigenvalue weighted by Crippen LogP contribution is 2.42. The lowest BCUT2D eigenvalue weighted by atomic mass is 9.80. The number of aliphatic carboxylic acids is 1.